The fourth-order valence-corrected chi connectivity index (χ4v) is 3.05. The Labute approximate surface area is 148 Å². The van der Waals surface area contributed by atoms with Crippen molar-refractivity contribution >= 4 is 23.3 Å². The standard InChI is InChI=1S/C17H29N3O3S/c1-17(2,3)12-18-11-13-7-8-14(24-13)15(21)19(4)9-6-10-20(5)16(22)23/h7-8,18H,6,9-12H2,1-5H3,(H,22,23). The van der Waals surface area contributed by atoms with Crippen molar-refractivity contribution in [3.63, 3.8) is 0 Å². The predicted molar refractivity (Wildman–Crippen MR) is 97.7 cm³/mol. The van der Waals surface area contributed by atoms with E-state index in [1.54, 1.807) is 11.9 Å². The van der Waals surface area contributed by atoms with E-state index in [1.807, 2.05) is 12.1 Å². The van der Waals surface area contributed by atoms with E-state index >= 15 is 0 Å². The lowest BCUT2D eigenvalue weighted by Gasteiger charge is -2.19. The summed E-state index contributed by atoms with van der Waals surface area (Å²) in [6.07, 6.45) is -0.328. The highest BCUT2D eigenvalue weighted by Gasteiger charge is 2.15. The van der Waals surface area contributed by atoms with Crippen LogP contribution in [0.2, 0.25) is 0 Å². The van der Waals surface area contributed by atoms with Gasteiger partial charge in [0.15, 0.2) is 0 Å². The Morgan fingerprint density at radius 3 is 2.38 bits per heavy atom. The number of nitrogens with one attached hydrogen (secondary N) is 1. The molecular formula is C17H29N3O3S. The molecule has 0 spiro atoms. The van der Waals surface area contributed by atoms with E-state index in [2.05, 4.69) is 26.1 Å². The van der Waals surface area contributed by atoms with Crippen molar-refractivity contribution < 1.29 is 14.7 Å². The van der Waals surface area contributed by atoms with E-state index in [0.717, 1.165) is 22.8 Å². The van der Waals surface area contributed by atoms with Crippen LogP contribution in [-0.4, -0.2) is 60.6 Å². The van der Waals surface area contributed by atoms with Gasteiger partial charge in [-0.05, 0) is 24.0 Å². The molecule has 0 aliphatic rings. The first-order valence-electron chi connectivity index (χ1n) is 8.09. The molecule has 0 saturated heterocycles. The van der Waals surface area contributed by atoms with Crippen molar-refractivity contribution in [2.24, 2.45) is 5.41 Å². The van der Waals surface area contributed by atoms with Gasteiger partial charge in [-0.1, -0.05) is 20.8 Å². The highest BCUT2D eigenvalue weighted by Crippen LogP contribution is 2.19. The monoisotopic (exact) mass is 355 g/mol. The Morgan fingerprint density at radius 2 is 1.79 bits per heavy atom. The fourth-order valence-electron chi connectivity index (χ4n) is 2.08. The zero-order chi connectivity index (χ0) is 18.3. The summed E-state index contributed by atoms with van der Waals surface area (Å²) >= 11 is 1.51. The smallest absolute Gasteiger partial charge is 0.407 e. The lowest BCUT2D eigenvalue weighted by molar-refractivity contribution is 0.0795. The van der Waals surface area contributed by atoms with Crippen molar-refractivity contribution in [1.82, 2.24) is 15.1 Å². The maximum atomic E-state index is 12.4. The van der Waals surface area contributed by atoms with Crippen LogP contribution in [0, 0.1) is 5.41 Å². The van der Waals surface area contributed by atoms with Gasteiger partial charge in [0.25, 0.3) is 5.91 Å². The largest absolute Gasteiger partial charge is 0.465 e. The molecule has 6 nitrogen and oxygen atoms in total. The molecule has 1 heterocycles. The molecule has 0 radical (unpaired) electrons. The summed E-state index contributed by atoms with van der Waals surface area (Å²) in [4.78, 5) is 27.8. The number of hydrogen-bond donors (Lipinski definition) is 2. The Balaban J connectivity index is 2.43. The molecular weight excluding hydrogens is 326 g/mol. The second-order valence-corrected chi connectivity index (χ2v) is 8.38. The molecule has 0 unspecified atom stereocenters. The highest BCUT2D eigenvalue weighted by atomic mass is 32.1. The molecule has 136 valence electrons. The highest BCUT2D eigenvalue weighted by molar-refractivity contribution is 7.14. The van der Waals surface area contributed by atoms with Crippen molar-refractivity contribution in [1.29, 1.82) is 0 Å². The average molecular weight is 356 g/mol. The van der Waals surface area contributed by atoms with Crippen LogP contribution in [0.25, 0.3) is 0 Å². The maximum Gasteiger partial charge on any atom is 0.407 e. The first kappa shape index (κ1) is 20.4. The molecule has 0 atom stereocenters. The molecule has 1 rings (SSSR count). The van der Waals surface area contributed by atoms with Crippen LogP contribution in [0.5, 0.6) is 0 Å². The summed E-state index contributed by atoms with van der Waals surface area (Å²) < 4.78 is 0. The Bertz CT molecular complexity index is 552. The molecule has 1 aromatic rings. The molecule has 1 aromatic heterocycles. The van der Waals surface area contributed by atoms with Crippen LogP contribution in [0.3, 0.4) is 0 Å². The van der Waals surface area contributed by atoms with Gasteiger partial charge in [-0.3, -0.25) is 4.79 Å². The van der Waals surface area contributed by atoms with Gasteiger partial charge in [0.2, 0.25) is 0 Å². The SMILES string of the molecule is CN(CCCN(C)C(=O)c1ccc(CNCC(C)(C)C)s1)C(=O)O. The van der Waals surface area contributed by atoms with Gasteiger partial charge in [0.05, 0.1) is 4.88 Å². The van der Waals surface area contributed by atoms with Crippen molar-refractivity contribution in [3.8, 4) is 0 Å². The first-order chi connectivity index (χ1) is 11.1. The predicted octanol–water partition coefficient (Wildman–Crippen LogP) is 2.96. The number of carbonyl (C=O) groups excluding carboxylic acids is 1. The maximum absolute atomic E-state index is 12.4. The molecule has 2 N–H and O–H groups in total. The quantitative estimate of drug-likeness (QED) is 0.752. The van der Waals surface area contributed by atoms with Crippen LogP contribution in [0.1, 0.15) is 41.7 Å². The number of thiophene rings is 1. The molecule has 0 bridgehead atoms. The molecule has 0 saturated carbocycles. The third kappa shape index (κ3) is 7.31. The fraction of sp³-hybridized carbons (Fsp3) is 0.647. The van der Waals surface area contributed by atoms with E-state index in [9.17, 15) is 9.59 Å². The summed E-state index contributed by atoms with van der Waals surface area (Å²) in [7, 11) is 3.28. The van der Waals surface area contributed by atoms with Crippen LogP contribution in [0.15, 0.2) is 12.1 Å². The minimum atomic E-state index is -0.949. The molecule has 0 aliphatic heterocycles. The van der Waals surface area contributed by atoms with Gasteiger partial charge < -0.3 is 20.2 Å². The number of carbonyl (C=O) groups is 2. The Morgan fingerprint density at radius 1 is 1.17 bits per heavy atom. The van der Waals surface area contributed by atoms with Gasteiger partial charge in [-0.2, -0.15) is 0 Å². The number of hydrogen-bond acceptors (Lipinski definition) is 4. The lowest BCUT2D eigenvalue weighted by atomic mass is 9.97. The normalized spacial score (nSPS) is 11.4. The van der Waals surface area contributed by atoms with Crippen molar-refractivity contribution in [2.75, 3.05) is 33.7 Å². The van der Waals surface area contributed by atoms with Gasteiger partial charge >= 0.3 is 6.09 Å². The van der Waals surface area contributed by atoms with Gasteiger partial charge in [-0.15, -0.1) is 11.3 Å². The molecule has 2 amide bonds. The van der Waals surface area contributed by atoms with Crippen molar-refractivity contribution in [3.05, 3.63) is 21.9 Å². The number of carboxylic acid groups (broad SMARTS) is 1. The van der Waals surface area contributed by atoms with Crippen LogP contribution in [0.4, 0.5) is 4.79 Å². The lowest BCUT2D eigenvalue weighted by Crippen LogP contribution is -2.31. The number of amides is 2. The minimum absolute atomic E-state index is 0.0138. The zero-order valence-electron chi connectivity index (χ0n) is 15.3. The topological polar surface area (TPSA) is 72.9 Å². The molecule has 0 fully saturated rings. The van der Waals surface area contributed by atoms with E-state index in [0.29, 0.717) is 19.5 Å². The summed E-state index contributed by atoms with van der Waals surface area (Å²) in [6.45, 7) is 9.18. The van der Waals surface area contributed by atoms with E-state index in [1.165, 1.54) is 23.3 Å². The minimum Gasteiger partial charge on any atom is -0.465 e. The van der Waals surface area contributed by atoms with Crippen LogP contribution < -0.4 is 5.32 Å². The number of rotatable bonds is 8. The van der Waals surface area contributed by atoms with Gasteiger partial charge in [0, 0.05) is 45.2 Å². The summed E-state index contributed by atoms with van der Waals surface area (Å²) in [5.74, 6) is -0.0138. The second-order valence-electron chi connectivity index (χ2n) is 7.21. The molecule has 0 aliphatic carbocycles. The van der Waals surface area contributed by atoms with Crippen LogP contribution >= 0.6 is 11.3 Å². The van der Waals surface area contributed by atoms with E-state index < -0.39 is 6.09 Å². The van der Waals surface area contributed by atoms with E-state index in [-0.39, 0.29) is 11.3 Å². The van der Waals surface area contributed by atoms with E-state index in [4.69, 9.17) is 5.11 Å². The number of nitrogens with zero attached hydrogens (tertiary/aromatic N) is 2. The zero-order valence-corrected chi connectivity index (χ0v) is 16.1. The van der Waals surface area contributed by atoms with Crippen molar-refractivity contribution in [2.45, 2.75) is 33.7 Å². The first-order valence-corrected chi connectivity index (χ1v) is 8.91. The summed E-state index contributed by atoms with van der Waals surface area (Å²) in [6, 6.07) is 3.85. The third-order valence-corrected chi connectivity index (χ3v) is 4.56. The Kier molecular flexibility index (Phi) is 7.69. The summed E-state index contributed by atoms with van der Waals surface area (Å²) in [5.41, 5.74) is 0.235. The summed E-state index contributed by atoms with van der Waals surface area (Å²) in [5, 5.41) is 12.2. The molecule has 24 heavy (non-hydrogen) atoms. The second kappa shape index (κ2) is 9.03. The van der Waals surface area contributed by atoms with Gasteiger partial charge in [0.1, 0.15) is 0 Å². The van der Waals surface area contributed by atoms with Gasteiger partial charge in [-0.25, -0.2) is 4.79 Å². The molecule has 7 heteroatoms. The third-order valence-electron chi connectivity index (χ3n) is 3.49. The molecule has 0 aromatic carbocycles. The Hall–Kier alpha value is -1.60. The van der Waals surface area contributed by atoms with Crippen LogP contribution in [-0.2, 0) is 6.54 Å². The average Bonchev–Trinajstić information content (AvgIpc) is 2.93.